The van der Waals surface area contributed by atoms with Gasteiger partial charge in [0.15, 0.2) is 0 Å². The molecule has 1 unspecified atom stereocenters. The molecule has 0 bridgehead atoms. The van der Waals surface area contributed by atoms with Crippen molar-refractivity contribution in [3.63, 3.8) is 0 Å². The van der Waals surface area contributed by atoms with E-state index in [0.29, 0.717) is 17.9 Å². The highest BCUT2D eigenvalue weighted by Gasteiger charge is 2.51. The van der Waals surface area contributed by atoms with Gasteiger partial charge in [-0.25, -0.2) is 0 Å². The molecular formula is C19H38N2O. The van der Waals surface area contributed by atoms with Gasteiger partial charge >= 0.3 is 0 Å². The van der Waals surface area contributed by atoms with E-state index in [1.807, 2.05) is 0 Å². The van der Waals surface area contributed by atoms with Crippen LogP contribution in [0.25, 0.3) is 0 Å². The Kier molecular flexibility index (Phi) is 9.08. The number of rotatable bonds is 13. The summed E-state index contributed by atoms with van der Waals surface area (Å²) in [4.78, 5) is 12.1. The van der Waals surface area contributed by atoms with Crippen molar-refractivity contribution in [1.82, 2.24) is 10.6 Å². The fourth-order valence-electron chi connectivity index (χ4n) is 3.03. The number of hydrogen-bond donors (Lipinski definition) is 2. The van der Waals surface area contributed by atoms with Crippen LogP contribution < -0.4 is 10.6 Å². The van der Waals surface area contributed by atoms with Crippen molar-refractivity contribution in [2.45, 2.75) is 91.5 Å². The van der Waals surface area contributed by atoms with E-state index in [0.717, 1.165) is 32.4 Å². The molecule has 0 aliphatic heterocycles. The van der Waals surface area contributed by atoms with E-state index in [1.165, 1.54) is 38.5 Å². The van der Waals surface area contributed by atoms with Gasteiger partial charge < -0.3 is 10.6 Å². The first-order valence-electron chi connectivity index (χ1n) is 9.54. The van der Waals surface area contributed by atoms with Crippen LogP contribution in [0.2, 0.25) is 0 Å². The van der Waals surface area contributed by atoms with E-state index in [4.69, 9.17) is 0 Å². The van der Waals surface area contributed by atoms with Crippen LogP contribution in [-0.4, -0.2) is 25.0 Å². The Hall–Kier alpha value is -0.570. The Balaban J connectivity index is 1.87. The number of hydrogen-bond acceptors (Lipinski definition) is 2. The molecule has 0 heterocycles. The number of carbonyl (C=O) groups is 1. The second-order valence-corrected chi connectivity index (χ2v) is 7.45. The van der Waals surface area contributed by atoms with E-state index >= 15 is 0 Å². The summed E-state index contributed by atoms with van der Waals surface area (Å²) < 4.78 is 0. The Labute approximate surface area is 138 Å². The molecule has 3 nitrogen and oxygen atoms in total. The molecule has 3 heteroatoms. The highest BCUT2D eigenvalue weighted by molar-refractivity contribution is 5.85. The van der Waals surface area contributed by atoms with E-state index in [1.54, 1.807) is 0 Å². The summed E-state index contributed by atoms with van der Waals surface area (Å²) in [6.45, 7) is 10.8. The van der Waals surface area contributed by atoms with Gasteiger partial charge in [0.05, 0.1) is 5.41 Å². The molecule has 22 heavy (non-hydrogen) atoms. The van der Waals surface area contributed by atoms with Crippen molar-refractivity contribution in [3.8, 4) is 0 Å². The number of amides is 1. The quantitative estimate of drug-likeness (QED) is 0.499. The van der Waals surface area contributed by atoms with Crippen LogP contribution in [0, 0.1) is 11.3 Å². The minimum absolute atomic E-state index is 0.0113. The van der Waals surface area contributed by atoms with Crippen LogP contribution in [0.3, 0.4) is 0 Å². The normalized spacial score (nSPS) is 17.5. The van der Waals surface area contributed by atoms with Crippen LogP contribution in [0.4, 0.5) is 0 Å². The Morgan fingerprint density at radius 2 is 1.50 bits per heavy atom. The second kappa shape index (κ2) is 10.3. The predicted octanol–water partition coefficient (Wildman–Crippen LogP) is 4.27. The molecule has 0 aromatic rings. The van der Waals surface area contributed by atoms with Crippen molar-refractivity contribution in [2.75, 3.05) is 13.1 Å². The maximum absolute atomic E-state index is 12.1. The van der Waals surface area contributed by atoms with Gasteiger partial charge in [-0.05, 0) is 51.5 Å². The lowest BCUT2D eigenvalue weighted by Gasteiger charge is -2.18. The third-order valence-electron chi connectivity index (χ3n) is 5.34. The molecular weight excluding hydrogens is 272 g/mol. The maximum atomic E-state index is 12.1. The molecule has 1 aliphatic rings. The lowest BCUT2D eigenvalue weighted by Crippen LogP contribution is -2.35. The van der Waals surface area contributed by atoms with Crippen LogP contribution >= 0.6 is 0 Å². The fourth-order valence-corrected chi connectivity index (χ4v) is 3.03. The Bertz CT molecular complexity index is 311. The van der Waals surface area contributed by atoms with E-state index in [9.17, 15) is 4.79 Å². The molecule has 1 aliphatic carbocycles. The SMILES string of the molecule is CCC(C)NCCCCCCCCNC(=O)C1(C(C)C)CC1. The third-order valence-corrected chi connectivity index (χ3v) is 5.34. The maximum Gasteiger partial charge on any atom is 0.226 e. The van der Waals surface area contributed by atoms with Crippen molar-refractivity contribution in [2.24, 2.45) is 11.3 Å². The molecule has 1 amide bonds. The van der Waals surface area contributed by atoms with E-state index in [2.05, 4.69) is 38.3 Å². The van der Waals surface area contributed by atoms with Gasteiger partial charge in [0.25, 0.3) is 0 Å². The van der Waals surface area contributed by atoms with Crippen molar-refractivity contribution in [1.29, 1.82) is 0 Å². The zero-order valence-electron chi connectivity index (χ0n) is 15.3. The molecule has 1 atom stereocenters. The minimum Gasteiger partial charge on any atom is -0.356 e. The predicted molar refractivity (Wildman–Crippen MR) is 95.0 cm³/mol. The molecule has 0 radical (unpaired) electrons. The molecule has 1 fully saturated rings. The highest BCUT2D eigenvalue weighted by atomic mass is 16.2. The topological polar surface area (TPSA) is 41.1 Å². The van der Waals surface area contributed by atoms with E-state index in [-0.39, 0.29) is 5.41 Å². The molecule has 0 spiro atoms. The lowest BCUT2D eigenvalue weighted by molar-refractivity contribution is -0.127. The first-order valence-corrected chi connectivity index (χ1v) is 9.54. The van der Waals surface area contributed by atoms with Gasteiger partial charge in [0.2, 0.25) is 5.91 Å². The van der Waals surface area contributed by atoms with Gasteiger partial charge in [-0.15, -0.1) is 0 Å². The van der Waals surface area contributed by atoms with Gasteiger partial charge in [0.1, 0.15) is 0 Å². The number of carbonyl (C=O) groups excluding carboxylic acids is 1. The zero-order chi connectivity index (χ0) is 16.4. The molecule has 130 valence electrons. The molecule has 0 saturated heterocycles. The van der Waals surface area contributed by atoms with Crippen LogP contribution in [0.1, 0.15) is 85.5 Å². The molecule has 0 aromatic carbocycles. The van der Waals surface area contributed by atoms with Crippen LogP contribution in [-0.2, 0) is 4.79 Å². The second-order valence-electron chi connectivity index (χ2n) is 7.45. The van der Waals surface area contributed by atoms with Crippen LogP contribution in [0.5, 0.6) is 0 Å². The highest BCUT2D eigenvalue weighted by Crippen LogP contribution is 2.51. The summed E-state index contributed by atoms with van der Waals surface area (Å²) in [5, 5.41) is 6.69. The molecule has 2 N–H and O–H groups in total. The standard InChI is InChI=1S/C19H38N2O/c1-5-17(4)20-14-10-8-6-7-9-11-15-21-18(22)19(12-13-19)16(2)3/h16-17,20H,5-15H2,1-4H3,(H,21,22). The monoisotopic (exact) mass is 310 g/mol. The summed E-state index contributed by atoms with van der Waals surface area (Å²) in [5.74, 6) is 0.787. The van der Waals surface area contributed by atoms with Gasteiger partial charge in [-0.2, -0.15) is 0 Å². The molecule has 1 saturated carbocycles. The summed E-state index contributed by atoms with van der Waals surface area (Å²) in [6.07, 6.45) is 11.0. The van der Waals surface area contributed by atoms with E-state index < -0.39 is 0 Å². The average molecular weight is 311 g/mol. The summed E-state index contributed by atoms with van der Waals surface area (Å²) in [6, 6.07) is 0.657. The third kappa shape index (κ3) is 6.68. The van der Waals surface area contributed by atoms with Crippen LogP contribution in [0.15, 0.2) is 0 Å². The minimum atomic E-state index is -0.0113. The van der Waals surface area contributed by atoms with Crippen molar-refractivity contribution in [3.05, 3.63) is 0 Å². The summed E-state index contributed by atoms with van der Waals surface area (Å²) in [5.41, 5.74) is -0.0113. The first kappa shape index (κ1) is 19.5. The summed E-state index contributed by atoms with van der Waals surface area (Å²) >= 11 is 0. The Morgan fingerprint density at radius 3 is 2.00 bits per heavy atom. The first-order chi connectivity index (χ1) is 10.5. The van der Waals surface area contributed by atoms with Gasteiger partial charge in [0, 0.05) is 12.6 Å². The lowest BCUT2D eigenvalue weighted by atomic mass is 9.91. The van der Waals surface area contributed by atoms with Crippen molar-refractivity contribution < 1.29 is 4.79 Å². The van der Waals surface area contributed by atoms with Gasteiger partial charge in [-0.3, -0.25) is 4.79 Å². The smallest absolute Gasteiger partial charge is 0.226 e. The number of unbranched alkanes of at least 4 members (excludes halogenated alkanes) is 5. The molecule has 0 aromatic heterocycles. The Morgan fingerprint density at radius 1 is 0.955 bits per heavy atom. The van der Waals surface area contributed by atoms with Crippen molar-refractivity contribution >= 4 is 5.91 Å². The largest absolute Gasteiger partial charge is 0.356 e. The summed E-state index contributed by atoms with van der Waals surface area (Å²) in [7, 11) is 0. The fraction of sp³-hybridized carbons (Fsp3) is 0.947. The van der Waals surface area contributed by atoms with Gasteiger partial charge in [-0.1, -0.05) is 46.5 Å². The number of nitrogens with one attached hydrogen (secondary N) is 2. The zero-order valence-corrected chi connectivity index (χ0v) is 15.3. The average Bonchev–Trinajstić information content (AvgIpc) is 3.30. The molecule has 1 rings (SSSR count).